The zero-order chi connectivity index (χ0) is 18.6. The van der Waals surface area contributed by atoms with Gasteiger partial charge in [0.1, 0.15) is 5.82 Å². The highest BCUT2D eigenvalue weighted by atomic mass is 32.2. The lowest BCUT2D eigenvalue weighted by atomic mass is 10.1. The van der Waals surface area contributed by atoms with Gasteiger partial charge < -0.3 is 4.52 Å². The average Bonchev–Trinajstić information content (AvgIpc) is 3.06. The molecule has 0 bridgehead atoms. The molecule has 0 unspecified atom stereocenters. The summed E-state index contributed by atoms with van der Waals surface area (Å²) in [5.41, 5.74) is 2.48. The van der Waals surface area contributed by atoms with Gasteiger partial charge in [0.25, 0.3) is 0 Å². The van der Waals surface area contributed by atoms with E-state index in [-0.39, 0.29) is 18.7 Å². The van der Waals surface area contributed by atoms with Gasteiger partial charge in [-0.2, -0.15) is 4.98 Å². The smallest absolute Gasteiger partial charge is 0.228 e. The van der Waals surface area contributed by atoms with Gasteiger partial charge in [-0.25, -0.2) is 17.5 Å². The topological polar surface area (TPSA) is 85.1 Å². The summed E-state index contributed by atoms with van der Waals surface area (Å²) in [4.78, 5) is 4.27. The molecule has 1 heterocycles. The van der Waals surface area contributed by atoms with Crippen LogP contribution in [0.3, 0.4) is 0 Å². The molecule has 0 saturated heterocycles. The van der Waals surface area contributed by atoms with Crippen molar-refractivity contribution in [1.82, 2.24) is 14.9 Å². The van der Waals surface area contributed by atoms with E-state index in [2.05, 4.69) is 14.9 Å². The summed E-state index contributed by atoms with van der Waals surface area (Å²) in [6.45, 7) is 2.13. The Morgan fingerprint density at radius 3 is 2.46 bits per heavy atom. The number of nitrogens with one attached hydrogen (secondary N) is 1. The van der Waals surface area contributed by atoms with E-state index in [0.717, 1.165) is 11.1 Å². The molecule has 0 spiro atoms. The Bertz CT molecular complexity index is 968. The Morgan fingerprint density at radius 2 is 1.77 bits per heavy atom. The summed E-state index contributed by atoms with van der Waals surface area (Å²) in [6.07, 6.45) is 0.279. The van der Waals surface area contributed by atoms with E-state index in [1.807, 2.05) is 31.2 Å². The SMILES string of the molecule is Cc1ccc(-c2noc(CCNS(=O)(=O)Cc3ccc(F)cc3)n2)cc1. The number of nitrogens with zero attached hydrogens (tertiary/aromatic N) is 2. The molecule has 0 aliphatic rings. The van der Waals surface area contributed by atoms with Crippen LogP contribution >= 0.6 is 0 Å². The van der Waals surface area contributed by atoms with Crippen LogP contribution in [0.2, 0.25) is 0 Å². The van der Waals surface area contributed by atoms with Crippen LogP contribution < -0.4 is 4.72 Å². The molecule has 1 aromatic heterocycles. The standard InChI is InChI=1S/C18H18FN3O3S/c1-13-2-6-15(7-3-13)18-21-17(25-22-18)10-11-20-26(23,24)12-14-4-8-16(19)9-5-14/h2-9,20H,10-12H2,1H3. The van der Waals surface area contributed by atoms with E-state index in [1.165, 1.54) is 24.3 Å². The molecule has 0 atom stereocenters. The number of aromatic nitrogens is 2. The van der Waals surface area contributed by atoms with Crippen molar-refractivity contribution >= 4 is 10.0 Å². The predicted molar refractivity (Wildman–Crippen MR) is 95.2 cm³/mol. The summed E-state index contributed by atoms with van der Waals surface area (Å²) >= 11 is 0. The Hall–Kier alpha value is -2.58. The van der Waals surface area contributed by atoms with E-state index >= 15 is 0 Å². The first-order chi connectivity index (χ1) is 12.4. The van der Waals surface area contributed by atoms with Crippen molar-refractivity contribution in [3.8, 4) is 11.4 Å². The van der Waals surface area contributed by atoms with Gasteiger partial charge in [0, 0.05) is 18.5 Å². The second-order valence-electron chi connectivity index (χ2n) is 5.91. The van der Waals surface area contributed by atoms with Crippen molar-refractivity contribution < 1.29 is 17.3 Å². The van der Waals surface area contributed by atoms with Crippen LogP contribution in [0.5, 0.6) is 0 Å². The largest absolute Gasteiger partial charge is 0.339 e. The quantitative estimate of drug-likeness (QED) is 0.686. The van der Waals surface area contributed by atoms with Crippen LogP contribution in [0, 0.1) is 12.7 Å². The molecule has 136 valence electrons. The van der Waals surface area contributed by atoms with Gasteiger partial charge in [-0.05, 0) is 24.6 Å². The van der Waals surface area contributed by atoms with Crippen molar-refractivity contribution in [2.75, 3.05) is 6.54 Å². The molecule has 0 amide bonds. The van der Waals surface area contributed by atoms with Crippen molar-refractivity contribution in [2.45, 2.75) is 19.1 Å². The number of sulfonamides is 1. The van der Waals surface area contributed by atoms with Crippen LogP contribution in [0.4, 0.5) is 4.39 Å². The minimum atomic E-state index is -3.53. The monoisotopic (exact) mass is 375 g/mol. The molecule has 1 N–H and O–H groups in total. The van der Waals surface area contributed by atoms with Crippen molar-refractivity contribution in [3.05, 3.63) is 71.4 Å². The molecule has 0 saturated carbocycles. The molecule has 26 heavy (non-hydrogen) atoms. The molecule has 6 nitrogen and oxygen atoms in total. The summed E-state index contributed by atoms with van der Waals surface area (Å²) in [7, 11) is -3.53. The highest BCUT2D eigenvalue weighted by molar-refractivity contribution is 7.88. The second kappa shape index (κ2) is 7.76. The van der Waals surface area contributed by atoms with Gasteiger partial charge in [-0.15, -0.1) is 0 Å². The molecule has 0 aliphatic carbocycles. The maximum absolute atomic E-state index is 12.9. The fraction of sp³-hybridized carbons (Fsp3) is 0.222. The third-order valence-electron chi connectivity index (χ3n) is 3.71. The fourth-order valence-corrected chi connectivity index (χ4v) is 3.49. The molecular formula is C18H18FN3O3S. The Balaban J connectivity index is 1.54. The molecule has 0 aliphatic heterocycles. The average molecular weight is 375 g/mol. The number of halogens is 1. The number of benzene rings is 2. The third-order valence-corrected chi connectivity index (χ3v) is 5.07. The first-order valence-corrected chi connectivity index (χ1v) is 9.68. The number of aryl methyl sites for hydroxylation is 1. The molecule has 3 aromatic rings. The van der Waals surface area contributed by atoms with Gasteiger partial charge in [0.15, 0.2) is 0 Å². The molecule has 3 rings (SSSR count). The predicted octanol–water partition coefficient (Wildman–Crippen LogP) is 2.85. The number of rotatable bonds is 7. The summed E-state index contributed by atoms with van der Waals surface area (Å²) in [6, 6.07) is 13.1. The van der Waals surface area contributed by atoms with Crippen LogP contribution in [-0.4, -0.2) is 25.1 Å². The van der Waals surface area contributed by atoms with Crippen molar-refractivity contribution in [3.63, 3.8) is 0 Å². The van der Waals surface area contributed by atoms with E-state index in [1.54, 1.807) is 0 Å². The number of hydrogen-bond donors (Lipinski definition) is 1. The summed E-state index contributed by atoms with van der Waals surface area (Å²) < 4.78 is 44.6. The van der Waals surface area contributed by atoms with Crippen LogP contribution in [0.1, 0.15) is 17.0 Å². The fourth-order valence-electron chi connectivity index (χ4n) is 2.34. The number of hydrogen-bond acceptors (Lipinski definition) is 5. The first-order valence-electron chi connectivity index (χ1n) is 8.03. The molecular weight excluding hydrogens is 357 g/mol. The molecule has 0 radical (unpaired) electrons. The van der Waals surface area contributed by atoms with E-state index < -0.39 is 15.8 Å². The summed E-state index contributed by atoms with van der Waals surface area (Å²) in [5.74, 6) is 0.199. The minimum absolute atomic E-state index is 0.138. The molecule has 0 fully saturated rings. The zero-order valence-electron chi connectivity index (χ0n) is 14.1. The maximum atomic E-state index is 12.9. The lowest BCUT2D eigenvalue weighted by Crippen LogP contribution is -2.27. The van der Waals surface area contributed by atoms with E-state index in [4.69, 9.17) is 4.52 Å². The Morgan fingerprint density at radius 1 is 1.08 bits per heavy atom. The van der Waals surface area contributed by atoms with Crippen LogP contribution in [0.25, 0.3) is 11.4 Å². The van der Waals surface area contributed by atoms with Crippen molar-refractivity contribution in [1.29, 1.82) is 0 Å². The third kappa shape index (κ3) is 4.96. The molecule has 8 heteroatoms. The van der Waals surface area contributed by atoms with Gasteiger partial charge in [0.2, 0.25) is 21.7 Å². The van der Waals surface area contributed by atoms with Crippen LogP contribution in [0.15, 0.2) is 53.1 Å². The Labute approximate surface area is 151 Å². The van der Waals surface area contributed by atoms with Gasteiger partial charge >= 0.3 is 0 Å². The normalized spacial score (nSPS) is 11.6. The second-order valence-corrected chi connectivity index (χ2v) is 7.71. The lowest BCUT2D eigenvalue weighted by Gasteiger charge is -2.05. The first kappa shape index (κ1) is 18.2. The molecule has 2 aromatic carbocycles. The van der Waals surface area contributed by atoms with Gasteiger partial charge in [-0.1, -0.05) is 47.1 Å². The van der Waals surface area contributed by atoms with Gasteiger partial charge in [0.05, 0.1) is 5.75 Å². The van der Waals surface area contributed by atoms with Gasteiger partial charge in [-0.3, -0.25) is 0 Å². The van der Waals surface area contributed by atoms with E-state index in [9.17, 15) is 12.8 Å². The highest BCUT2D eigenvalue weighted by Gasteiger charge is 2.13. The zero-order valence-corrected chi connectivity index (χ0v) is 15.0. The van der Waals surface area contributed by atoms with E-state index in [0.29, 0.717) is 17.3 Å². The maximum Gasteiger partial charge on any atom is 0.228 e. The highest BCUT2D eigenvalue weighted by Crippen LogP contribution is 2.16. The van der Waals surface area contributed by atoms with Crippen molar-refractivity contribution in [2.24, 2.45) is 0 Å². The lowest BCUT2D eigenvalue weighted by molar-refractivity contribution is 0.379. The van der Waals surface area contributed by atoms with Crippen LogP contribution in [-0.2, 0) is 22.2 Å². The summed E-state index contributed by atoms with van der Waals surface area (Å²) in [5, 5.41) is 3.91. The Kier molecular flexibility index (Phi) is 5.43. The minimum Gasteiger partial charge on any atom is -0.339 e.